The van der Waals surface area contributed by atoms with Gasteiger partial charge in [-0.25, -0.2) is 8.78 Å². The molecule has 0 amide bonds. The van der Waals surface area contributed by atoms with Gasteiger partial charge in [0.2, 0.25) is 0 Å². The van der Waals surface area contributed by atoms with E-state index in [1.54, 1.807) is 12.1 Å². The van der Waals surface area contributed by atoms with Crippen molar-refractivity contribution in [3.8, 4) is 11.1 Å². The molecule has 0 N–H and O–H groups in total. The van der Waals surface area contributed by atoms with E-state index < -0.39 is 11.6 Å². The van der Waals surface area contributed by atoms with Crippen LogP contribution in [0, 0.1) is 11.6 Å². The normalized spacial score (nSPS) is 10.4. The zero-order valence-electron chi connectivity index (χ0n) is 11.7. The summed E-state index contributed by atoms with van der Waals surface area (Å²) in [5.41, 5.74) is 3.03. The highest BCUT2D eigenvalue weighted by Crippen LogP contribution is 2.24. The Bertz CT molecular complexity index is 615. The maximum absolute atomic E-state index is 13.7. The fraction of sp³-hybridized carbons (Fsp3) is 0.176. The second-order valence-corrected chi connectivity index (χ2v) is 4.96. The molecule has 3 heteroatoms. The maximum Gasteiger partial charge on any atom is 0.131 e. The van der Waals surface area contributed by atoms with Crippen LogP contribution < -0.4 is 0 Å². The van der Waals surface area contributed by atoms with E-state index in [9.17, 15) is 8.78 Å². The molecule has 0 aliphatic heterocycles. The third-order valence-electron chi connectivity index (χ3n) is 3.23. The smallest absolute Gasteiger partial charge is 0.131 e. The van der Waals surface area contributed by atoms with Crippen molar-refractivity contribution in [2.75, 3.05) is 14.1 Å². The van der Waals surface area contributed by atoms with Crippen molar-refractivity contribution >= 4 is 0 Å². The van der Waals surface area contributed by atoms with Gasteiger partial charge in [0.05, 0.1) is 0 Å². The Hall–Kier alpha value is -2.16. The van der Waals surface area contributed by atoms with Crippen molar-refractivity contribution in [1.29, 1.82) is 0 Å². The highest BCUT2D eigenvalue weighted by Gasteiger charge is 2.07. The minimum atomic E-state index is -0.438. The van der Waals surface area contributed by atoms with Gasteiger partial charge in [-0.05, 0) is 29.3 Å². The van der Waals surface area contributed by atoms with Gasteiger partial charge < -0.3 is 4.90 Å². The first-order valence-corrected chi connectivity index (χ1v) is 6.37. The first kappa shape index (κ1) is 14.3. The minimum absolute atomic E-state index is 0.281. The van der Waals surface area contributed by atoms with Gasteiger partial charge in [-0.15, -0.1) is 0 Å². The predicted octanol–water partition coefficient (Wildman–Crippen LogP) is 4.25. The van der Waals surface area contributed by atoms with Crippen molar-refractivity contribution in [2.24, 2.45) is 0 Å². The van der Waals surface area contributed by atoms with Crippen LogP contribution >= 0.6 is 0 Å². The van der Waals surface area contributed by atoms with E-state index >= 15 is 0 Å². The van der Waals surface area contributed by atoms with Gasteiger partial charge in [0.25, 0.3) is 0 Å². The molecule has 0 heterocycles. The third-order valence-corrected chi connectivity index (χ3v) is 3.23. The largest absolute Gasteiger partial charge is 0.381 e. The van der Waals surface area contributed by atoms with E-state index in [2.05, 4.69) is 6.58 Å². The Labute approximate surface area is 118 Å². The average Bonchev–Trinajstić information content (AvgIpc) is 2.42. The zero-order chi connectivity index (χ0) is 14.7. The molecule has 2 rings (SSSR count). The summed E-state index contributed by atoms with van der Waals surface area (Å²) in [7, 11) is 3.89. The van der Waals surface area contributed by atoms with Crippen LogP contribution in [-0.2, 0) is 6.42 Å². The second-order valence-electron chi connectivity index (χ2n) is 4.96. The van der Waals surface area contributed by atoms with Crippen LogP contribution in [0.15, 0.2) is 54.7 Å². The molecule has 1 nitrogen and oxygen atoms in total. The van der Waals surface area contributed by atoms with E-state index in [0.717, 1.165) is 29.8 Å². The van der Waals surface area contributed by atoms with Gasteiger partial charge in [-0.2, -0.15) is 0 Å². The highest BCUT2D eigenvalue weighted by molar-refractivity contribution is 5.64. The minimum Gasteiger partial charge on any atom is -0.381 e. The van der Waals surface area contributed by atoms with Crippen molar-refractivity contribution in [3.63, 3.8) is 0 Å². The first-order valence-electron chi connectivity index (χ1n) is 6.37. The van der Waals surface area contributed by atoms with Gasteiger partial charge in [0.1, 0.15) is 11.6 Å². The second kappa shape index (κ2) is 5.87. The number of benzene rings is 2. The third kappa shape index (κ3) is 3.23. The molecule has 0 radical (unpaired) electrons. The molecule has 0 atom stereocenters. The molecule has 0 spiro atoms. The summed E-state index contributed by atoms with van der Waals surface area (Å²) < 4.78 is 26.9. The first-order chi connectivity index (χ1) is 9.47. The molecule has 0 bridgehead atoms. The number of rotatable bonds is 4. The maximum atomic E-state index is 13.7. The Morgan fingerprint density at radius 2 is 1.70 bits per heavy atom. The average molecular weight is 273 g/mol. The molecule has 0 aliphatic rings. The molecular formula is C17H17F2N. The quantitative estimate of drug-likeness (QED) is 0.805. The summed E-state index contributed by atoms with van der Waals surface area (Å²) in [5.74, 6) is -0.858. The summed E-state index contributed by atoms with van der Waals surface area (Å²) in [6.07, 6.45) is 0.735. The highest BCUT2D eigenvalue weighted by atomic mass is 19.1. The number of hydrogen-bond donors (Lipinski definition) is 0. The van der Waals surface area contributed by atoms with Crippen LogP contribution in [0.2, 0.25) is 0 Å². The monoisotopic (exact) mass is 273 g/mol. The number of halogens is 2. The van der Waals surface area contributed by atoms with Crippen LogP contribution in [0.25, 0.3) is 11.1 Å². The van der Waals surface area contributed by atoms with Gasteiger partial charge in [0.15, 0.2) is 0 Å². The summed E-state index contributed by atoms with van der Waals surface area (Å²) in [6.45, 7) is 3.97. The summed E-state index contributed by atoms with van der Waals surface area (Å²) in [4.78, 5) is 1.96. The SMILES string of the molecule is C=C(Cc1ccc(-c2cc(F)ccc2F)cc1)N(C)C. The van der Waals surface area contributed by atoms with Gasteiger partial charge in [-0.3, -0.25) is 0 Å². The molecule has 0 unspecified atom stereocenters. The number of allylic oxidation sites excluding steroid dienone is 1. The summed E-state index contributed by atoms with van der Waals surface area (Å²) in [5, 5.41) is 0. The van der Waals surface area contributed by atoms with E-state index in [1.807, 2.05) is 31.1 Å². The molecule has 0 saturated heterocycles. The zero-order valence-corrected chi connectivity index (χ0v) is 11.7. The molecule has 104 valence electrons. The Morgan fingerprint density at radius 3 is 2.30 bits per heavy atom. The van der Waals surface area contributed by atoms with Crippen LogP contribution in [0.4, 0.5) is 8.78 Å². The lowest BCUT2D eigenvalue weighted by atomic mass is 10.0. The fourth-order valence-corrected chi connectivity index (χ4v) is 1.91. The van der Waals surface area contributed by atoms with Gasteiger partial charge in [-0.1, -0.05) is 30.8 Å². The molecule has 2 aromatic rings. The number of hydrogen-bond acceptors (Lipinski definition) is 1. The molecule has 0 aromatic heterocycles. The Kier molecular flexibility index (Phi) is 4.18. The number of nitrogens with zero attached hydrogens (tertiary/aromatic N) is 1. The molecule has 0 saturated carbocycles. The lowest BCUT2D eigenvalue weighted by Crippen LogP contribution is -2.11. The van der Waals surface area contributed by atoms with Crippen LogP contribution in [0.1, 0.15) is 5.56 Å². The summed E-state index contributed by atoms with van der Waals surface area (Å²) in [6, 6.07) is 10.9. The van der Waals surface area contributed by atoms with Gasteiger partial charge >= 0.3 is 0 Å². The molecule has 0 fully saturated rings. The van der Waals surface area contributed by atoms with E-state index in [-0.39, 0.29) is 5.56 Å². The summed E-state index contributed by atoms with van der Waals surface area (Å²) >= 11 is 0. The molecule has 0 aliphatic carbocycles. The van der Waals surface area contributed by atoms with E-state index in [1.165, 1.54) is 6.07 Å². The van der Waals surface area contributed by atoms with Crippen molar-refractivity contribution in [1.82, 2.24) is 4.90 Å². The van der Waals surface area contributed by atoms with E-state index in [4.69, 9.17) is 0 Å². The van der Waals surface area contributed by atoms with Crippen molar-refractivity contribution in [2.45, 2.75) is 6.42 Å². The van der Waals surface area contributed by atoms with Gasteiger partial charge in [0, 0.05) is 31.8 Å². The fourth-order valence-electron chi connectivity index (χ4n) is 1.91. The standard InChI is InChI=1S/C17H17F2N/c1-12(20(2)3)10-13-4-6-14(7-5-13)16-11-15(18)8-9-17(16)19/h4-9,11H,1,10H2,2-3H3. The van der Waals surface area contributed by atoms with E-state index in [0.29, 0.717) is 5.56 Å². The topological polar surface area (TPSA) is 3.24 Å². The molecule has 2 aromatic carbocycles. The van der Waals surface area contributed by atoms with Crippen molar-refractivity contribution in [3.05, 3.63) is 71.9 Å². The predicted molar refractivity (Wildman–Crippen MR) is 78.3 cm³/mol. The van der Waals surface area contributed by atoms with Crippen molar-refractivity contribution < 1.29 is 8.78 Å². The number of likely N-dealkylation sites (N-methyl/N-ethyl adjacent to an activating group) is 1. The molecular weight excluding hydrogens is 256 g/mol. The Morgan fingerprint density at radius 1 is 1.05 bits per heavy atom. The van der Waals surface area contributed by atoms with Crippen LogP contribution in [0.3, 0.4) is 0 Å². The lowest BCUT2D eigenvalue weighted by molar-refractivity contribution is 0.501. The van der Waals surface area contributed by atoms with Crippen LogP contribution in [-0.4, -0.2) is 19.0 Å². The van der Waals surface area contributed by atoms with Crippen LogP contribution in [0.5, 0.6) is 0 Å². The molecule has 20 heavy (non-hydrogen) atoms. The Balaban J connectivity index is 2.24. The lowest BCUT2D eigenvalue weighted by Gasteiger charge is -2.15.